The third kappa shape index (κ3) is 3.29. The SMILES string of the molecule is COc1ccc(CC(O)c2cc(F)ccc2F)cc1. The summed E-state index contributed by atoms with van der Waals surface area (Å²) in [4.78, 5) is 0. The van der Waals surface area contributed by atoms with Crippen LogP contribution in [0.1, 0.15) is 17.2 Å². The first kappa shape index (κ1) is 13.5. The molecule has 0 amide bonds. The normalized spacial score (nSPS) is 12.2. The average Bonchev–Trinajstić information content (AvgIpc) is 2.42. The van der Waals surface area contributed by atoms with Crippen LogP contribution >= 0.6 is 0 Å². The van der Waals surface area contributed by atoms with E-state index in [0.29, 0.717) is 5.75 Å². The summed E-state index contributed by atoms with van der Waals surface area (Å²) in [6.07, 6.45) is -0.867. The summed E-state index contributed by atoms with van der Waals surface area (Å²) in [5, 5.41) is 9.97. The summed E-state index contributed by atoms with van der Waals surface area (Å²) in [5.74, 6) is -0.470. The van der Waals surface area contributed by atoms with Gasteiger partial charge >= 0.3 is 0 Å². The van der Waals surface area contributed by atoms with Crippen molar-refractivity contribution in [3.8, 4) is 5.75 Å². The third-order valence-electron chi connectivity index (χ3n) is 2.91. The fraction of sp³-hybridized carbons (Fsp3) is 0.200. The summed E-state index contributed by atoms with van der Waals surface area (Å²) in [6.45, 7) is 0. The lowest BCUT2D eigenvalue weighted by Crippen LogP contribution is -2.05. The molecule has 2 rings (SSSR count). The van der Waals surface area contributed by atoms with E-state index in [1.54, 1.807) is 31.4 Å². The Balaban J connectivity index is 2.15. The van der Waals surface area contributed by atoms with Crippen molar-refractivity contribution in [2.24, 2.45) is 0 Å². The summed E-state index contributed by atoms with van der Waals surface area (Å²) in [7, 11) is 1.56. The van der Waals surface area contributed by atoms with Crippen LogP contribution in [0.15, 0.2) is 42.5 Å². The third-order valence-corrected chi connectivity index (χ3v) is 2.91. The molecule has 1 N–H and O–H groups in total. The fourth-order valence-corrected chi connectivity index (χ4v) is 1.86. The maximum Gasteiger partial charge on any atom is 0.129 e. The summed E-state index contributed by atoms with van der Waals surface area (Å²) in [6, 6.07) is 10.1. The predicted molar refractivity (Wildman–Crippen MR) is 68.0 cm³/mol. The standard InChI is InChI=1S/C15H14F2O2/c1-19-12-5-2-10(3-6-12)8-15(18)13-9-11(16)4-7-14(13)17/h2-7,9,15,18H,8H2,1H3. The molecule has 0 saturated carbocycles. The molecule has 0 heterocycles. The molecule has 0 aliphatic heterocycles. The van der Waals surface area contributed by atoms with E-state index in [2.05, 4.69) is 0 Å². The smallest absolute Gasteiger partial charge is 0.129 e. The minimum atomic E-state index is -1.08. The second-order valence-corrected chi connectivity index (χ2v) is 4.23. The Hall–Kier alpha value is -1.94. The predicted octanol–water partition coefficient (Wildman–Crippen LogP) is 3.25. The Labute approximate surface area is 110 Å². The highest BCUT2D eigenvalue weighted by atomic mass is 19.1. The molecule has 0 spiro atoms. The number of benzene rings is 2. The van der Waals surface area contributed by atoms with Crippen LogP contribution in [0.4, 0.5) is 8.78 Å². The number of methoxy groups -OCH3 is 1. The lowest BCUT2D eigenvalue weighted by Gasteiger charge is -2.12. The Morgan fingerprint density at radius 2 is 1.79 bits per heavy atom. The van der Waals surface area contributed by atoms with Gasteiger partial charge in [-0.3, -0.25) is 0 Å². The van der Waals surface area contributed by atoms with Crippen LogP contribution in [0.2, 0.25) is 0 Å². The largest absolute Gasteiger partial charge is 0.497 e. The number of rotatable bonds is 4. The van der Waals surface area contributed by atoms with E-state index in [-0.39, 0.29) is 12.0 Å². The minimum Gasteiger partial charge on any atom is -0.497 e. The number of aliphatic hydroxyl groups excluding tert-OH is 1. The van der Waals surface area contributed by atoms with Gasteiger partial charge in [-0.05, 0) is 35.9 Å². The van der Waals surface area contributed by atoms with Crippen LogP contribution in [-0.2, 0) is 6.42 Å². The maximum absolute atomic E-state index is 13.5. The molecule has 1 unspecified atom stereocenters. The second-order valence-electron chi connectivity index (χ2n) is 4.23. The van der Waals surface area contributed by atoms with Gasteiger partial charge in [-0.25, -0.2) is 8.78 Å². The molecule has 0 aliphatic carbocycles. The van der Waals surface area contributed by atoms with Gasteiger partial charge < -0.3 is 9.84 Å². The summed E-state index contributed by atoms with van der Waals surface area (Å²) >= 11 is 0. The van der Waals surface area contributed by atoms with Gasteiger partial charge in [0.2, 0.25) is 0 Å². The van der Waals surface area contributed by atoms with Gasteiger partial charge in [0.05, 0.1) is 13.2 Å². The van der Waals surface area contributed by atoms with E-state index in [1.165, 1.54) is 0 Å². The molecule has 2 nitrogen and oxygen atoms in total. The molecule has 0 aromatic heterocycles. The highest BCUT2D eigenvalue weighted by Gasteiger charge is 2.14. The van der Waals surface area contributed by atoms with Crippen molar-refractivity contribution in [2.45, 2.75) is 12.5 Å². The Kier molecular flexibility index (Phi) is 4.12. The highest BCUT2D eigenvalue weighted by Crippen LogP contribution is 2.23. The highest BCUT2D eigenvalue weighted by molar-refractivity contribution is 5.29. The van der Waals surface area contributed by atoms with Gasteiger partial charge in [0.25, 0.3) is 0 Å². The second kappa shape index (κ2) is 5.80. The number of aliphatic hydroxyl groups is 1. The van der Waals surface area contributed by atoms with Gasteiger partial charge in [-0.15, -0.1) is 0 Å². The molecule has 0 radical (unpaired) electrons. The molecule has 0 fully saturated rings. The van der Waals surface area contributed by atoms with Crippen LogP contribution in [-0.4, -0.2) is 12.2 Å². The van der Waals surface area contributed by atoms with Crippen LogP contribution in [0, 0.1) is 11.6 Å². The lowest BCUT2D eigenvalue weighted by atomic mass is 10.0. The lowest BCUT2D eigenvalue weighted by molar-refractivity contribution is 0.173. The molecule has 100 valence electrons. The van der Waals surface area contributed by atoms with Crippen molar-refractivity contribution in [3.05, 3.63) is 65.2 Å². The van der Waals surface area contributed by atoms with E-state index >= 15 is 0 Å². The number of hydrogen-bond donors (Lipinski definition) is 1. The van der Waals surface area contributed by atoms with E-state index in [1.807, 2.05) is 0 Å². The molecule has 0 aliphatic rings. The Morgan fingerprint density at radius 3 is 2.42 bits per heavy atom. The first-order valence-electron chi connectivity index (χ1n) is 5.86. The van der Waals surface area contributed by atoms with Crippen molar-refractivity contribution >= 4 is 0 Å². The van der Waals surface area contributed by atoms with E-state index in [9.17, 15) is 13.9 Å². The molecule has 19 heavy (non-hydrogen) atoms. The fourth-order valence-electron chi connectivity index (χ4n) is 1.86. The molecule has 0 bridgehead atoms. The first-order chi connectivity index (χ1) is 9.10. The molecule has 4 heteroatoms. The zero-order chi connectivity index (χ0) is 13.8. The van der Waals surface area contributed by atoms with Gasteiger partial charge in [-0.1, -0.05) is 12.1 Å². The zero-order valence-corrected chi connectivity index (χ0v) is 10.4. The van der Waals surface area contributed by atoms with Crippen LogP contribution in [0.3, 0.4) is 0 Å². The molecular weight excluding hydrogens is 250 g/mol. The van der Waals surface area contributed by atoms with Gasteiger partial charge in [-0.2, -0.15) is 0 Å². The molecule has 2 aromatic carbocycles. The van der Waals surface area contributed by atoms with E-state index in [0.717, 1.165) is 23.8 Å². The average molecular weight is 264 g/mol. The van der Waals surface area contributed by atoms with Crippen molar-refractivity contribution in [3.63, 3.8) is 0 Å². The number of halogens is 2. The monoisotopic (exact) mass is 264 g/mol. The van der Waals surface area contributed by atoms with E-state index < -0.39 is 17.7 Å². The van der Waals surface area contributed by atoms with Gasteiger partial charge in [0, 0.05) is 12.0 Å². The maximum atomic E-state index is 13.5. The molecular formula is C15H14F2O2. The molecule has 0 saturated heterocycles. The number of ether oxygens (including phenoxy) is 1. The van der Waals surface area contributed by atoms with Crippen LogP contribution in [0.25, 0.3) is 0 Å². The molecule has 2 aromatic rings. The zero-order valence-electron chi connectivity index (χ0n) is 10.4. The topological polar surface area (TPSA) is 29.5 Å². The minimum absolute atomic E-state index is 0.0316. The quantitative estimate of drug-likeness (QED) is 0.918. The first-order valence-corrected chi connectivity index (χ1v) is 5.86. The van der Waals surface area contributed by atoms with Crippen LogP contribution in [0.5, 0.6) is 5.75 Å². The van der Waals surface area contributed by atoms with Gasteiger partial charge in [0.15, 0.2) is 0 Å². The van der Waals surface area contributed by atoms with E-state index in [4.69, 9.17) is 4.74 Å². The summed E-state index contributed by atoms with van der Waals surface area (Å²) < 4.78 is 31.6. The Bertz CT molecular complexity index is 553. The van der Waals surface area contributed by atoms with Crippen molar-refractivity contribution in [2.75, 3.05) is 7.11 Å². The Morgan fingerprint density at radius 1 is 1.11 bits per heavy atom. The number of hydrogen-bond acceptors (Lipinski definition) is 2. The van der Waals surface area contributed by atoms with Crippen molar-refractivity contribution in [1.82, 2.24) is 0 Å². The summed E-state index contributed by atoms with van der Waals surface area (Å²) in [5.41, 5.74) is 0.785. The van der Waals surface area contributed by atoms with Gasteiger partial charge in [0.1, 0.15) is 17.4 Å². The molecule has 1 atom stereocenters. The van der Waals surface area contributed by atoms with Crippen LogP contribution < -0.4 is 4.74 Å². The van der Waals surface area contributed by atoms with Crippen molar-refractivity contribution in [1.29, 1.82) is 0 Å². The van der Waals surface area contributed by atoms with Crippen molar-refractivity contribution < 1.29 is 18.6 Å².